The van der Waals surface area contributed by atoms with Gasteiger partial charge >= 0.3 is 0 Å². The van der Waals surface area contributed by atoms with Crippen LogP contribution >= 0.6 is 0 Å². The Labute approximate surface area is 177 Å². The summed E-state index contributed by atoms with van der Waals surface area (Å²) >= 11 is 0. The monoisotopic (exact) mass is 403 g/mol. The van der Waals surface area contributed by atoms with E-state index in [0.29, 0.717) is 24.6 Å². The molecule has 7 heteroatoms. The van der Waals surface area contributed by atoms with E-state index in [1.165, 1.54) is 0 Å². The Morgan fingerprint density at radius 1 is 1.17 bits per heavy atom. The van der Waals surface area contributed by atoms with E-state index in [4.69, 9.17) is 15.2 Å². The number of nitrogens with zero attached hydrogens (tertiary/aromatic N) is 4. The van der Waals surface area contributed by atoms with Crippen molar-refractivity contribution >= 4 is 0 Å². The van der Waals surface area contributed by atoms with Crippen LogP contribution in [0.3, 0.4) is 0 Å². The maximum atomic E-state index is 10.2. The number of fused-ring (bicyclic) bond motifs is 1. The lowest BCUT2D eigenvalue weighted by Gasteiger charge is -2.45. The number of hydrogen-bond donors (Lipinski definition) is 1. The second-order valence-corrected chi connectivity index (χ2v) is 7.55. The largest absolute Gasteiger partial charge is 0.493 e. The standard InChI is InChI=1S/C23H25N5O2/c1-4-8-28-9-7-16-17(11-24)22(27)23(13-25,14-26)21(18(16)12-28)15-5-6-19(29-2)20(10-15)30-3/h5-7,10,18,21H,4,8-9,12,27H2,1-3H3/t18-,21+/m1/s1. The molecule has 30 heavy (non-hydrogen) atoms. The zero-order valence-corrected chi connectivity index (χ0v) is 17.5. The Hall–Kier alpha value is -3.47. The molecule has 1 aliphatic heterocycles. The molecule has 0 bridgehead atoms. The summed E-state index contributed by atoms with van der Waals surface area (Å²) in [6.07, 6.45) is 3.00. The van der Waals surface area contributed by atoms with Crippen LogP contribution < -0.4 is 15.2 Å². The molecule has 7 nitrogen and oxygen atoms in total. The number of methoxy groups -OCH3 is 2. The van der Waals surface area contributed by atoms with Gasteiger partial charge in [0, 0.05) is 24.9 Å². The fourth-order valence-corrected chi connectivity index (χ4v) is 4.66. The summed E-state index contributed by atoms with van der Waals surface area (Å²) < 4.78 is 10.8. The molecule has 2 N–H and O–H groups in total. The molecular formula is C23H25N5O2. The van der Waals surface area contributed by atoms with Crippen molar-refractivity contribution < 1.29 is 9.47 Å². The topological polar surface area (TPSA) is 119 Å². The Bertz CT molecular complexity index is 1010. The van der Waals surface area contributed by atoms with Crippen molar-refractivity contribution in [3.05, 3.63) is 46.7 Å². The van der Waals surface area contributed by atoms with Crippen molar-refractivity contribution in [2.45, 2.75) is 19.3 Å². The molecule has 1 aromatic rings. The van der Waals surface area contributed by atoms with E-state index in [2.05, 4.69) is 30.0 Å². The molecule has 154 valence electrons. The summed E-state index contributed by atoms with van der Waals surface area (Å²) in [6.45, 7) is 4.36. The maximum Gasteiger partial charge on any atom is 0.191 e. The van der Waals surface area contributed by atoms with Gasteiger partial charge in [-0.15, -0.1) is 0 Å². The first kappa shape index (κ1) is 21.2. The van der Waals surface area contributed by atoms with Gasteiger partial charge in [0.05, 0.1) is 37.6 Å². The fraction of sp³-hybridized carbons (Fsp3) is 0.435. The van der Waals surface area contributed by atoms with E-state index < -0.39 is 11.3 Å². The molecule has 1 aromatic carbocycles. The molecule has 0 fully saturated rings. The average Bonchev–Trinajstić information content (AvgIpc) is 2.78. The molecular weight excluding hydrogens is 378 g/mol. The van der Waals surface area contributed by atoms with Crippen molar-refractivity contribution in [1.82, 2.24) is 4.90 Å². The highest BCUT2D eigenvalue weighted by Gasteiger charge is 2.54. The molecule has 0 amide bonds. The smallest absolute Gasteiger partial charge is 0.191 e. The van der Waals surface area contributed by atoms with Gasteiger partial charge in [-0.3, -0.25) is 4.90 Å². The van der Waals surface area contributed by atoms with Crippen molar-refractivity contribution in [3.8, 4) is 29.7 Å². The highest BCUT2D eigenvalue weighted by molar-refractivity contribution is 5.60. The number of allylic oxidation sites excluding steroid dienone is 2. The van der Waals surface area contributed by atoms with E-state index in [1.807, 2.05) is 12.1 Å². The first-order valence-corrected chi connectivity index (χ1v) is 9.88. The molecule has 1 heterocycles. The van der Waals surface area contributed by atoms with Crippen molar-refractivity contribution in [2.24, 2.45) is 17.1 Å². The van der Waals surface area contributed by atoms with Crippen LogP contribution in [0.1, 0.15) is 24.8 Å². The molecule has 0 saturated carbocycles. The molecule has 0 saturated heterocycles. The lowest BCUT2D eigenvalue weighted by Crippen LogP contribution is -2.48. The quantitative estimate of drug-likeness (QED) is 0.803. The van der Waals surface area contributed by atoms with Crippen LogP contribution in [0.25, 0.3) is 0 Å². The molecule has 0 aromatic heterocycles. The van der Waals surface area contributed by atoms with Gasteiger partial charge in [-0.05, 0) is 36.2 Å². The van der Waals surface area contributed by atoms with Gasteiger partial charge in [-0.2, -0.15) is 15.8 Å². The summed E-state index contributed by atoms with van der Waals surface area (Å²) in [5.74, 6) is 0.310. The van der Waals surface area contributed by atoms with Crippen LogP contribution in [0, 0.1) is 45.3 Å². The van der Waals surface area contributed by atoms with Gasteiger partial charge in [0.2, 0.25) is 0 Å². The Balaban J connectivity index is 2.27. The normalized spacial score (nSPS) is 22.7. The average molecular weight is 403 g/mol. The Kier molecular flexibility index (Phi) is 6.01. The molecule has 0 spiro atoms. The SMILES string of the molecule is CCCN1CC=C2C(C#N)=C(N)C(C#N)(C#N)[C@@H](c3ccc(OC)c(OC)c3)[C@@H]2C1. The third-order valence-electron chi connectivity index (χ3n) is 6.05. The van der Waals surface area contributed by atoms with Crippen molar-refractivity contribution in [3.63, 3.8) is 0 Å². The highest BCUT2D eigenvalue weighted by atomic mass is 16.5. The van der Waals surface area contributed by atoms with Gasteiger partial charge < -0.3 is 15.2 Å². The second-order valence-electron chi connectivity index (χ2n) is 7.55. The lowest BCUT2D eigenvalue weighted by atomic mass is 9.58. The number of rotatable bonds is 5. The predicted octanol–water partition coefficient (Wildman–Crippen LogP) is 2.84. The van der Waals surface area contributed by atoms with Crippen LogP contribution in [-0.2, 0) is 0 Å². The first-order valence-electron chi connectivity index (χ1n) is 9.88. The second kappa shape index (κ2) is 8.49. The van der Waals surface area contributed by atoms with Gasteiger partial charge in [0.1, 0.15) is 6.07 Å². The third-order valence-corrected chi connectivity index (χ3v) is 6.05. The van der Waals surface area contributed by atoms with Gasteiger partial charge in [-0.1, -0.05) is 19.1 Å². The molecule has 1 aliphatic carbocycles. The third kappa shape index (κ3) is 3.16. The van der Waals surface area contributed by atoms with E-state index >= 15 is 0 Å². The predicted molar refractivity (Wildman–Crippen MR) is 111 cm³/mol. The molecule has 3 rings (SSSR count). The summed E-state index contributed by atoms with van der Waals surface area (Å²) in [4.78, 5) is 2.28. The number of hydrogen-bond acceptors (Lipinski definition) is 7. The van der Waals surface area contributed by atoms with E-state index in [-0.39, 0.29) is 17.2 Å². The van der Waals surface area contributed by atoms with Gasteiger partial charge in [0.15, 0.2) is 16.9 Å². The number of nitrogens with two attached hydrogens (primary N) is 1. The van der Waals surface area contributed by atoms with Crippen LogP contribution in [0.15, 0.2) is 41.1 Å². The molecule has 2 aliphatic rings. The lowest BCUT2D eigenvalue weighted by molar-refractivity contribution is 0.207. The maximum absolute atomic E-state index is 10.2. The Morgan fingerprint density at radius 3 is 2.43 bits per heavy atom. The minimum absolute atomic E-state index is 0.0289. The van der Waals surface area contributed by atoms with E-state index in [1.54, 1.807) is 26.4 Å². The first-order chi connectivity index (χ1) is 14.5. The zero-order valence-electron chi connectivity index (χ0n) is 17.5. The number of ether oxygens (including phenoxy) is 2. The van der Waals surface area contributed by atoms with Crippen LogP contribution in [0.5, 0.6) is 11.5 Å². The molecule has 0 radical (unpaired) electrons. The Morgan fingerprint density at radius 2 is 1.87 bits per heavy atom. The van der Waals surface area contributed by atoms with Gasteiger partial charge in [-0.25, -0.2) is 0 Å². The van der Waals surface area contributed by atoms with E-state index in [0.717, 1.165) is 24.1 Å². The minimum atomic E-state index is -1.65. The molecule has 2 atom stereocenters. The summed E-state index contributed by atoms with van der Waals surface area (Å²) in [5, 5.41) is 30.1. The van der Waals surface area contributed by atoms with Crippen molar-refractivity contribution in [1.29, 1.82) is 15.8 Å². The summed E-state index contributed by atoms with van der Waals surface area (Å²) in [6, 6.07) is 11.9. The highest BCUT2D eigenvalue weighted by Crippen LogP contribution is 2.54. The van der Waals surface area contributed by atoms with Crippen LogP contribution in [0.4, 0.5) is 0 Å². The van der Waals surface area contributed by atoms with Crippen LogP contribution in [0.2, 0.25) is 0 Å². The fourth-order valence-electron chi connectivity index (χ4n) is 4.66. The summed E-state index contributed by atoms with van der Waals surface area (Å²) in [5.41, 5.74) is 6.56. The van der Waals surface area contributed by atoms with Crippen molar-refractivity contribution in [2.75, 3.05) is 33.9 Å². The minimum Gasteiger partial charge on any atom is -0.493 e. The zero-order chi connectivity index (χ0) is 21.9. The number of benzene rings is 1. The number of nitriles is 3. The van der Waals surface area contributed by atoms with E-state index in [9.17, 15) is 15.8 Å². The summed E-state index contributed by atoms with van der Waals surface area (Å²) in [7, 11) is 3.10. The molecule has 0 unspecified atom stereocenters. The van der Waals surface area contributed by atoms with Crippen LogP contribution in [-0.4, -0.2) is 38.8 Å². The van der Waals surface area contributed by atoms with Gasteiger partial charge in [0.25, 0.3) is 0 Å².